The monoisotopic (exact) mass is 244 g/mol. The highest BCUT2D eigenvalue weighted by atomic mass is 16.5. The number of carbonyl (C=O) groups excluding carboxylic acids is 3. The summed E-state index contributed by atoms with van der Waals surface area (Å²) in [4.78, 5) is 35.4. The van der Waals surface area contributed by atoms with Crippen LogP contribution in [0.5, 0.6) is 0 Å². The van der Waals surface area contributed by atoms with Crippen LogP contribution in [0.3, 0.4) is 0 Å². The van der Waals surface area contributed by atoms with Crippen LogP contribution < -0.4 is 5.32 Å². The van der Waals surface area contributed by atoms with E-state index in [0.29, 0.717) is 13.1 Å². The zero-order valence-corrected chi connectivity index (χ0v) is 9.89. The van der Waals surface area contributed by atoms with Crippen molar-refractivity contribution in [3.63, 3.8) is 0 Å². The quantitative estimate of drug-likeness (QED) is 0.607. The average molecular weight is 244 g/mol. The highest BCUT2D eigenvalue weighted by Gasteiger charge is 2.31. The molecule has 0 saturated carbocycles. The van der Waals surface area contributed by atoms with Gasteiger partial charge in [0.2, 0.25) is 5.91 Å². The molecule has 1 fully saturated rings. The summed E-state index contributed by atoms with van der Waals surface area (Å²) in [6.45, 7) is 0.866. The minimum absolute atomic E-state index is 0.0347. The zero-order chi connectivity index (χ0) is 12.8. The minimum Gasteiger partial charge on any atom is -0.469 e. The molecule has 1 N–H and O–H groups in total. The lowest BCUT2D eigenvalue weighted by atomic mass is 10.1. The highest BCUT2D eigenvalue weighted by molar-refractivity contribution is 5.89. The first-order chi connectivity index (χ1) is 8.08. The molecule has 0 unspecified atom stereocenters. The van der Waals surface area contributed by atoms with E-state index in [1.54, 1.807) is 0 Å². The van der Waals surface area contributed by atoms with Gasteiger partial charge in [0.25, 0.3) is 0 Å². The van der Waals surface area contributed by atoms with Crippen molar-refractivity contribution < 1.29 is 23.9 Å². The van der Waals surface area contributed by atoms with Gasteiger partial charge in [-0.3, -0.25) is 14.4 Å². The van der Waals surface area contributed by atoms with Crippen LogP contribution in [-0.2, 0) is 23.9 Å². The smallest absolute Gasteiger partial charge is 0.325 e. The molecule has 1 aliphatic rings. The molecule has 1 aliphatic heterocycles. The van der Waals surface area contributed by atoms with Gasteiger partial charge in [0.15, 0.2) is 0 Å². The number of piperazine rings is 1. The van der Waals surface area contributed by atoms with Crippen molar-refractivity contribution in [1.82, 2.24) is 10.2 Å². The molecule has 1 saturated heterocycles. The van der Waals surface area contributed by atoms with Crippen molar-refractivity contribution in [3.8, 4) is 0 Å². The lowest BCUT2D eigenvalue weighted by Crippen LogP contribution is -2.56. The number of hydrogen-bond donors (Lipinski definition) is 1. The second-order valence-corrected chi connectivity index (χ2v) is 3.62. The van der Waals surface area contributed by atoms with Crippen LogP contribution in [-0.4, -0.2) is 62.6 Å². The summed E-state index contributed by atoms with van der Waals surface area (Å²) in [5, 5.41) is 2.91. The van der Waals surface area contributed by atoms with Crippen molar-refractivity contribution in [2.75, 3.05) is 33.9 Å². The minimum atomic E-state index is -0.624. The molecule has 0 aromatic rings. The van der Waals surface area contributed by atoms with E-state index in [4.69, 9.17) is 0 Å². The van der Waals surface area contributed by atoms with Gasteiger partial charge in [-0.05, 0) is 0 Å². The SMILES string of the molecule is COC(=O)C[C@@H]1NCCN(CC(=O)OC)C1=O. The first-order valence-corrected chi connectivity index (χ1v) is 5.24. The molecule has 0 radical (unpaired) electrons. The standard InChI is InChI=1S/C10H16N2O5/c1-16-8(13)5-7-10(15)12(4-3-11-7)6-9(14)17-2/h7,11H,3-6H2,1-2H3/t7-/m0/s1. The summed E-state index contributed by atoms with van der Waals surface area (Å²) >= 11 is 0. The van der Waals surface area contributed by atoms with E-state index < -0.39 is 18.0 Å². The Morgan fingerprint density at radius 2 is 2.00 bits per heavy atom. The third-order valence-electron chi connectivity index (χ3n) is 2.53. The summed E-state index contributed by atoms with van der Waals surface area (Å²) in [7, 11) is 2.53. The summed E-state index contributed by atoms with van der Waals surface area (Å²) in [6, 6.07) is -0.624. The van der Waals surface area contributed by atoms with E-state index in [9.17, 15) is 14.4 Å². The molecule has 0 aromatic carbocycles. The normalized spacial score (nSPS) is 20.0. The van der Waals surface area contributed by atoms with E-state index in [1.165, 1.54) is 19.1 Å². The summed E-state index contributed by atoms with van der Waals surface area (Å²) in [5.74, 6) is -1.22. The summed E-state index contributed by atoms with van der Waals surface area (Å²) < 4.78 is 8.99. The molecule has 17 heavy (non-hydrogen) atoms. The molecule has 0 aromatic heterocycles. The second-order valence-electron chi connectivity index (χ2n) is 3.62. The van der Waals surface area contributed by atoms with E-state index in [0.717, 1.165) is 0 Å². The topological polar surface area (TPSA) is 84.9 Å². The van der Waals surface area contributed by atoms with E-state index in [2.05, 4.69) is 14.8 Å². The molecule has 7 nitrogen and oxygen atoms in total. The van der Waals surface area contributed by atoms with Gasteiger partial charge in [-0.15, -0.1) is 0 Å². The highest BCUT2D eigenvalue weighted by Crippen LogP contribution is 2.06. The van der Waals surface area contributed by atoms with Crippen LogP contribution in [0.4, 0.5) is 0 Å². The Labute approximate surface area is 99.0 Å². The number of methoxy groups -OCH3 is 2. The number of rotatable bonds is 4. The number of carbonyl (C=O) groups is 3. The number of ether oxygens (including phenoxy) is 2. The van der Waals surface area contributed by atoms with Crippen molar-refractivity contribution in [2.24, 2.45) is 0 Å². The van der Waals surface area contributed by atoms with E-state index >= 15 is 0 Å². The third-order valence-corrected chi connectivity index (χ3v) is 2.53. The number of nitrogens with one attached hydrogen (secondary N) is 1. The molecule has 1 rings (SSSR count). The molecular formula is C10H16N2O5. The lowest BCUT2D eigenvalue weighted by molar-refractivity contribution is -0.150. The van der Waals surface area contributed by atoms with Crippen molar-refractivity contribution in [2.45, 2.75) is 12.5 Å². The van der Waals surface area contributed by atoms with Gasteiger partial charge in [0, 0.05) is 13.1 Å². The van der Waals surface area contributed by atoms with Crippen molar-refractivity contribution >= 4 is 17.8 Å². The third kappa shape index (κ3) is 3.70. The average Bonchev–Trinajstić information content (AvgIpc) is 2.33. The second kappa shape index (κ2) is 6.19. The Kier molecular flexibility index (Phi) is 4.89. The van der Waals surface area contributed by atoms with Gasteiger partial charge < -0.3 is 19.7 Å². The number of amides is 1. The molecule has 7 heteroatoms. The first kappa shape index (κ1) is 13.4. The summed E-state index contributed by atoms with van der Waals surface area (Å²) in [6.07, 6.45) is -0.0347. The van der Waals surface area contributed by atoms with Crippen LogP contribution >= 0.6 is 0 Å². The molecule has 1 amide bonds. The molecule has 0 aliphatic carbocycles. The maximum Gasteiger partial charge on any atom is 0.325 e. The van der Waals surface area contributed by atoms with Crippen LogP contribution in [0.2, 0.25) is 0 Å². The Morgan fingerprint density at radius 1 is 1.35 bits per heavy atom. The molecule has 0 spiro atoms. The van der Waals surface area contributed by atoms with Gasteiger partial charge >= 0.3 is 11.9 Å². The van der Waals surface area contributed by atoms with Gasteiger partial charge in [-0.1, -0.05) is 0 Å². The Bertz CT molecular complexity index is 290. The Morgan fingerprint density at radius 3 is 2.59 bits per heavy atom. The fourth-order valence-electron chi connectivity index (χ4n) is 1.58. The van der Waals surface area contributed by atoms with Crippen LogP contribution in [0, 0.1) is 0 Å². The number of esters is 2. The van der Waals surface area contributed by atoms with Gasteiger partial charge in [0.1, 0.15) is 6.54 Å². The van der Waals surface area contributed by atoms with Crippen LogP contribution in [0.25, 0.3) is 0 Å². The fourth-order valence-corrected chi connectivity index (χ4v) is 1.58. The number of hydrogen-bond acceptors (Lipinski definition) is 6. The predicted molar refractivity (Wildman–Crippen MR) is 57.0 cm³/mol. The summed E-state index contributed by atoms with van der Waals surface area (Å²) in [5.41, 5.74) is 0. The molecule has 96 valence electrons. The lowest BCUT2D eigenvalue weighted by Gasteiger charge is -2.31. The fraction of sp³-hybridized carbons (Fsp3) is 0.700. The Hall–Kier alpha value is -1.63. The van der Waals surface area contributed by atoms with E-state index in [1.807, 2.05) is 0 Å². The zero-order valence-electron chi connectivity index (χ0n) is 9.89. The Balaban J connectivity index is 2.56. The molecule has 1 heterocycles. The van der Waals surface area contributed by atoms with Crippen molar-refractivity contribution in [1.29, 1.82) is 0 Å². The van der Waals surface area contributed by atoms with Gasteiger partial charge in [-0.2, -0.15) is 0 Å². The van der Waals surface area contributed by atoms with Gasteiger partial charge in [-0.25, -0.2) is 0 Å². The molecular weight excluding hydrogens is 228 g/mol. The maximum absolute atomic E-state index is 11.9. The predicted octanol–water partition coefficient (Wildman–Crippen LogP) is -1.48. The largest absolute Gasteiger partial charge is 0.469 e. The first-order valence-electron chi connectivity index (χ1n) is 5.24. The number of nitrogens with zero attached hydrogens (tertiary/aromatic N) is 1. The van der Waals surface area contributed by atoms with Crippen LogP contribution in [0.15, 0.2) is 0 Å². The maximum atomic E-state index is 11.9. The molecule has 1 atom stereocenters. The molecule has 0 bridgehead atoms. The van der Waals surface area contributed by atoms with Gasteiger partial charge in [0.05, 0.1) is 26.7 Å². The van der Waals surface area contributed by atoms with Crippen molar-refractivity contribution in [3.05, 3.63) is 0 Å². The van der Waals surface area contributed by atoms with E-state index in [-0.39, 0.29) is 18.9 Å². The van der Waals surface area contributed by atoms with Crippen LogP contribution in [0.1, 0.15) is 6.42 Å².